The number of rotatable bonds is 9. The standard InChI is InChI=1S/C24H29F3N2O4/c1-15(2)29-21(30)13-33-19-10-9-16(11-20(19)32-5)22(31)28-14-23(3,4)17-7-6-8-18(12-17)24(25,26)27/h6-12,15H,13-14H2,1-5H3,(H,28,31)(H,29,30). The number of methoxy groups -OCH3 is 1. The van der Waals surface area contributed by atoms with Crippen LogP contribution in [0.2, 0.25) is 0 Å². The van der Waals surface area contributed by atoms with Crippen LogP contribution in [0.25, 0.3) is 0 Å². The molecule has 0 aliphatic carbocycles. The molecule has 9 heteroatoms. The molecule has 2 rings (SSSR count). The van der Waals surface area contributed by atoms with E-state index in [0.717, 1.165) is 12.1 Å². The van der Waals surface area contributed by atoms with Gasteiger partial charge in [-0.1, -0.05) is 32.0 Å². The van der Waals surface area contributed by atoms with E-state index in [2.05, 4.69) is 10.6 Å². The number of alkyl halides is 3. The first kappa shape index (κ1) is 26.0. The number of ether oxygens (including phenoxy) is 2. The molecule has 0 radical (unpaired) electrons. The van der Waals surface area contributed by atoms with E-state index >= 15 is 0 Å². The Kier molecular flexibility index (Phi) is 8.35. The maximum atomic E-state index is 13.0. The Morgan fingerprint density at radius 1 is 1.00 bits per heavy atom. The number of amides is 2. The first-order chi connectivity index (χ1) is 15.3. The molecule has 0 aromatic heterocycles. The fourth-order valence-electron chi connectivity index (χ4n) is 3.06. The predicted octanol–water partition coefficient (Wildman–Crippen LogP) is 4.33. The number of hydrogen-bond donors (Lipinski definition) is 2. The molecule has 2 aromatic rings. The Hall–Kier alpha value is -3.23. The summed E-state index contributed by atoms with van der Waals surface area (Å²) in [4.78, 5) is 24.4. The van der Waals surface area contributed by atoms with Gasteiger partial charge in [0, 0.05) is 23.6 Å². The van der Waals surface area contributed by atoms with E-state index in [1.807, 2.05) is 13.8 Å². The Bertz CT molecular complexity index is 988. The van der Waals surface area contributed by atoms with Crippen LogP contribution in [0, 0.1) is 0 Å². The second kappa shape index (κ2) is 10.6. The maximum absolute atomic E-state index is 13.0. The molecule has 2 aromatic carbocycles. The van der Waals surface area contributed by atoms with Crippen LogP contribution in [0.15, 0.2) is 42.5 Å². The molecule has 33 heavy (non-hydrogen) atoms. The van der Waals surface area contributed by atoms with Gasteiger partial charge in [0.2, 0.25) is 0 Å². The minimum Gasteiger partial charge on any atom is -0.493 e. The molecule has 0 fully saturated rings. The van der Waals surface area contributed by atoms with Gasteiger partial charge in [-0.25, -0.2) is 0 Å². The van der Waals surface area contributed by atoms with Gasteiger partial charge in [-0.05, 0) is 43.7 Å². The third-order valence-electron chi connectivity index (χ3n) is 4.90. The fraction of sp³-hybridized carbons (Fsp3) is 0.417. The zero-order chi connectivity index (χ0) is 24.8. The Balaban J connectivity index is 2.07. The summed E-state index contributed by atoms with van der Waals surface area (Å²) < 4.78 is 49.9. The van der Waals surface area contributed by atoms with Gasteiger partial charge >= 0.3 is 6.18 Å². The molecule has 0 unspecified atom stereocenters. The van der Waals surface area contributed by atoms with Crippen LogP contribution >= 0.6 is 0 Å². The van der Waals surface area contributed by atoms with Crippen molar-refractivity contribution in [1.29, 1.82) is 0 Å². The van der Waals surface area contributed by atoms with Gasteiger partial charge in [0.05, 0.1) is 12.7 Å². The normalized spacial score (nSPS) is 11.8. The van der Waals surface area contributed by atoms with E-state index in [9.17, 15) is 22.8 Å². The Labute approximate surface area is 191 Å². The van der Waals surface area contributed by atoms with Crippen molar-refractivity contribution in [3.63, 3.8) is 0 Å². The van der Waals surface area contributed by atoms with Crippen LogP contribution in [0.3, 0.4) is 0 Å². The van der Waals surface area contributed by atoms with Gasteiger partial charge in [0.15, 0.2) is 18.1 Å². The fourth-order valence-corrected chi connectivity index (χ4v) is 3.06. The topological polar surface area (TPSA) is 76.7 Å². The van der Waals surface area contributed by atoms with Crippen molar-refractivity contribution in [1.82, 2.24) is 10.6 Å². The SMILES string of the molecule is COc1cc(C(=O)NCC(C)(C)c2cccc(C(F)(F)F)c2)ccc1OCC(=O)NC(C)C. The van der Waals surface area contributed by atoms with E-state index in [-0.39, 0.29) is 36.4 Å². The molecule has 2 N–H and O–H groups in total. The monoisotopic (exact) mass is 466 g/mol. The average molecular weight is 467 g/mol. The van der Waals surface area contributed by atoms with Crippen molar-refractivity contribution < 1.29 is 32.2 Å². The summed E-state index contributed by atoms with van der Waals surface area (Å²) in [6.45, 7) is 7.08. The molecule has 0 aliphatic rings. The summed E-state index contributed by atoms with van der Waals surface area (Å²) in [7, 11) is 1.41. The van der Waals surface area contributed by atoms with Crippen LogP contribution in [-0.2, 0) is 16.4 Å². The minimum atomic E-state index is -4.44. The lowest BCUT2D eigenvalue weighted by Crippen LogP contribution is -2.36. The molecule has 0 atom stereocenters. The van der Waals surface area contributed by atoms with E-state index < -0.39 is 23.1 Å². The highest BCUT2D eigenvalue weighted by molar-refractivity contribution is 5.95. The van der Waals surface area contributed by atoms with E-state index in [0.29, 0.717) is 11.3 Å². The second-order valence-electron chi connectivity index (χ2n) is 8.52. The average Bonchev–Trinajstić information content (AvgIpc) is 2.75. The van der Waals surface area contributed by atoms with E-state index in [1.165, 1.54) is 31.4 Å². The molecule has 0 saturated carbocycles. The molecule has 0 spiro atoms. The van der Waals surface area contributed by atoms with Crippen LogP contribution in [0.1, 0.15) is 49.2 Å². The summed E-state index contributed by atoms with van der Waals surface area (Å²) in [5.41, 5.74) is -0.737. The number of hydrogen-bond acceptors (Lipinski definition) is 4. The summed E-state index contributed by atoms with van der Waals surface area (Å²) in [5.74, 6) is -0.127. The van der Waals surface area contributed by atoms with Gasteiger partial charge < -0.3 is 20.1 Å². The van der Waals surface area contributed by atoms with Crippen LogP contribution in [-0.4, -0.2) is 38.1 Å². The van der Waals surface area contributed by atoms with Crippen LogP contribution < -0.4 is 20.1 Å². The molecule has 6 nitrogen and oxygen atoms in total. The number of carbonyl (C=O) groups is 2. The van der Waals surface area contributed by atoms with Crippen molar-refractivity contribution >= 4 is 11.8 Å². The lowest BCUT2D eigenvalue weighted by Gasteiger charge is -2.26. The third kappa shape index (κ3) is 7.40. The van der Waals surface area contributed by atoms with Gasteiger partial charge in [0.25, 0.3) is 11.8 Å². The third-order valence-corrected chi connectivity index (χ3v) is 4.90. The highest BCUT2D eigenvalue weighted by Crippen LogP contribution is 2.33. The lowest BCUT2D eigenvalue weighted by atomic mass is 9.83. The zero-order valence-corrected chi connectivity index (χ0v) is 19.3. The van der Waals surface area contributed by atoms with E-state index in [1.54, 1.807) is 19.9 Å². The first-order valence-electron chi connectivity index (χ1n) is 10.4. The summed E-state index contributed by atoms with van der Waals surface area (Å²) >= 11 is 0. The number of nitrogens with one attached hydrogen (secondary N) is 2. The Morgan fingerprint density at radius 2 is 1.67 bits per heavy atom. The van der Waals surface area contributed by atoms with Crippen LogP contribution in [0.4, 0.5) is 13.2 Å². The van der Waals surface area contributed by atoms with Gasteiger partial charge in [0.1, 0.15) is 0 Å². The first-order valence-corrected chi connectivity index (χ1v) is 10.4. The van der Waals surface area contributed by atoms with Gasteiger partial charge in [-0.3, -0.25) is 9.59 Å². The summed E-state index contributed by atoms with van der Waals surface area (Å²) in [6, 6.07) is 9.56. The smallest absolute Gasteiger partial charge is 0.416 e. The van der Waals surface area contributed by atoms with Crippen molar-refractivity contribution in [2.75, 3.05) is 20.3 Å². The molecule has 180 valence electrons. The molecular weight excluding hydrogens is 437 g/mol. The highest BCUT2D eigenvalue weighted by Gasteiger charge is 2.32. The largest absolute Gasteiger partial charge is 0.493 e. The van der Waals surface area contributed by atoms with E-state index in [4.69, 9.17) is 9.47 Å². The number of benzene rings is 2. The quantitative estimate of drug-likeness (QED) is 0.577. The summed E-state index contributed by atoms with van der Waals surface area (Å²) in [6.07, 6.45) is -4.44. The molecule has 0 aliphatic heterocycles. The highest BCUT2D eigenvalue weighted by atomic mass is 19.4. The number of halogens is 3. The van der Waals surface area contributed by atoms with Crippen molar-refractivity contribution in [3.8, 4) is 11.5 Å². The minimum absolute atomic E-state index is 0.0192. The molecule has 0 heterocycles. The lowest BCUT2D eigenvalue weighted by molar-refractivity contribution is -0.137. The maximum Gasteiger partial charge on any atom is 0.416 e. The van der Waals surface area contributed by atoms with Crippen molar-refractivity contribution in [3.05, 3.63) is 59.2 Å². The van der Waals surface area contributed by atoms with Gasteiger partial charge in [-0.2, -0.15) is 13.2 Å². The van der Waals surface area contributed by atoms with Crippen molar-refractivity contribution in [2.45, 2.75) is 45.3 Å². The molecule has 0 saturated heterocycles. The number of carbonyl (C=O) groups excluding carboxylic acids is 2. The molecule has 0 bridgehead atoms. The molecule has 2 amide bonds. The van der Waals surface area contributed by atoms with Crippen LogP contribution in [0.5, 0.6) is 11.5 Å². The predicted molar refractivity (Wildman–Crippen MR) is 119 cm³/mol. The Morgan fingerprint density at radius 3 is 2.27 bits per heavy atom. The molecular formula is C24H29F3N2O4. The summed E-state index contributed by atoms with van der Waals surface area (Å²) in [5, 5.41) is 5.46. The second-order valence-corrected chi connectivity index (χ2v) is 8.52. The zero-order valence-electron chi connectivity index (χ0n) is 19.3. The van der Waals surface area contributed by atoms with Crippen molar-refractivity contribution in [2.24, 2.45) is 0 Å². The van der Waals surface area contributed by atoms with Gasteiger partial charge in [-0.15, -0.1) is 0 Å².